The Hall–Kier alpha value is -1.06. The fourth-order valence-corrected chi connectivity index (χ4v) is 6.23. The summed E-state index contributed by atoms with van der Waals surface area (Å²) in [6.07, 6.45) is 10.4. The highest BCUT2D eigenvalue weighted by Gasteiger charge is 2.47. The van der Waals surface area contributed by atoms with Crippen LogP contribution in [0.3, 0.4) is 0 Å². The molecule has 3 nitrogen and oxygen atoms in total. The first-order valence-electron chi connectivity index (χ1n) is 10.8. The standard InChI is InChI=1S/C23H33ClNO2/c1-25-15-5-2-8-21(25)18(7-6-16-25)17-27-22(26)23(13-3-4-14-23)19-9-11-20(24)12-10-19/h9-12,18,21H,2-8,13-17H2,1H3/q+1/t18-,21+,25+/m0/s1. The number of esters is 1. The van der Waals surface area contributed by atoms with E-state index in [9.17, 15) is 4.79 Å². The maximum absolute atomic E-state index is 13.3. The highest BCUT2D eigenvalue weighted by Crippen LogP contribution is 2.43. The number of fused-ring (bicyclic) bond motifs is 1. The molecule has 3 fully saturated rings. The van der Waals surface area contributed by atoms with Gasteiger partial charge in [0.25, 0.3) is 0 Å². The molecule has 0 bridgehead atoms. The van der Waals surface area contributed by atoms with E-state index < -0.39 is 5.41 Å². The van der Waals surface area contributed by atoms with Gasteiger partial charge in [-0.2, -0.15) is 0 Å². The minimum Gasteiger partial charge on any atom is -0.464 e. The molecule has 2 heterocycles. The Morgan fingerprint density at radius 3 is 2.52 bits per heavy atom. The molecule has 0 amide bonds. The molecule has 0 radical (unpaired) electrons. The molecular weight excluding hydrogens is 358 g/mol. The summed E-state index contributed by atoms with van der Waals surface area (Å²) in [6.45, 7) is 3.19. The Labute approximate surface area is 168 Å². The van der Waals surface area contributed by atoms with Gasteiger partial charge in [0.15, 0.2) is 0 Å². The highest BCUT2D eigenvalue weighted by atomic mass is 35.5. The Balaban J connectivity index is 1.46. The van der Waals surface area contributed by atoms with Crippen molar-refractivity contribution in [1.29, 1.82) is 0 Å². The van der Waals surface area contributed by atoms with Crippen LogP contribution in [0.2, 0.25) is 5.02 Å². The monoisotopic (exact) mass is 390 g/mol. The van der Waals surface area contributed by atoms with E-state index in [1.165, 1.54) is 49.7 Å². The van der Waals surface area contributed by atoms with Crippen LogP contribution in [-0.2, 0) is 14.9 Å². The Morgan fingerprint density at radius 1 is 1.07 bits per heavy atom. The molecule has 2 aliphatic heterocycles. The molecule has 148 valence electrons. The van der Waals surface area contributed by atoms with Crippen molar-refractivity contribution in [3.05, 3.63) is 34.9 Å². The van der Waals surface area contributed by atoms with Crippen LogP contribution in [0.4, 0.5) is 0 Å². The molecule has 4 rings (SSSR count). The molecule has 27 heavy (non-hydrogen) atoms. The van der Waals surface area contributed by atoms with Crippen LogP contribution in [0.1, 0.15) is 63.4 Å². The molecule has 3 atom stereocenters. The summed E-state index contributed by atoms with van der Waals surface area (Å²) in [7, 11) is 2.42. The second-order valence-electron chi connectivity index (χ2n) is 9.29. The van der Waals surface area contributed by atoms with Crippen molar-refractivity contribution in [3.8, 4) is 0 Å². The predicted molar refractivity (Wildman–Crippen MR) is 109 cm³/mol. The maximum atomic E-state index is 13.3. The van der Waals surface area contributed by atoms with Crippen LogP contribution in [0, 0.1) is 5.92 Å². The lowest BCUT2D eigenvalue weighted by Gasteiger charge is -2.51. The van der Waals surface area contributed by atoms with E-state index in [1.54, 1.807) is 0 Å². The average Bonchev–Trinajstić information content (AvgIpc) is 3.17. The van der Waals surface area contributed by atoms with Crippen molar-refractivity contribution in [2.45, 2.75) is 69.2 Å². The highest BCUT2D eigenvalue weighted by molar-refractivity contribution is 6.30. The summed E-state index contributed by atoms with van der Waals surface area (Å²) < 4.78 is 7.26. The van der Waals surface area contributed by atoms with E-state index in [0.717, 1.165) is 36.3 Å². The number of piperidine rings is 2. The lowest BCUT2D eigenvalue weighted by molar-refractivity contribution is -0.947. The molecular formula is C23H33ClNO2+. The zero-order valence-corrected chi connectivity index (χ0v) is 17.3. The zero-order chi connectivity index (χ0) is 18.9. The van der Waals surface area contributed by atoms with Gasteiger partial charge in [-0.1, -0.05) is 36.6 Å². The van der Waals surface area contributed by atoms with E-state index in [-0.39, 0.29) is 5.97 Å². The number of quaternary nitrogens is 1. The smallest absolute Gasteiger partial charge is 0.316 e. The lowest BCUT2D eigenvalue weighted by Crippen LogP contribution is -2.61. The number of rotatable bonds is 4. The molecule has 3 aliphatic rings. The SMILES string of the molecule is C[N@+]12CCCC[C@@H]1[C@H](COC(=O)C1(c3ccc(Cl)cc3)CCCC1)CCC2. The van der Waals surface area contributed by atoms with Crippen molar-refractivity contribution in [2.75, 3.05) is 26.7 Å². The lowest BCUT2D eigenvalue weighted by atomic mass is 9.78. The normalized spacial score (nSPS) is 32.7. The number of ether oxygens (including phenoxy) is 1. The number of carbonyl (C=O) groups excluding carboxylic acids is 1. The summed E-state index contributed by atoms with van der Waals surface area (Å²) >= 11 is 6.07. The van der Waals surface area contributed by atoms with E-state index in [1.807, 2.05) is 24.3 Å². The van der Waals surface area contributed by atoms with Gasteiger partial charge in [0.1, 0.15) is 0 Å². The Morgan fingerprint density at radius 2 is 1.78 bits per heavy atom. The number of benzene rings is 1. The number of carbonyl (C=O) groups is 1. The minimum atomic E-state index is -0.454. The quantitative estimate of drug-likeness (QED) is 0.527. The van der Waals surface area contributed by atoms with Crippen molar-refractivity contribution in [3.63, 3.8) is 0 Å². The van der Waals surface area contributed by atoms with Gasteiger partial charge in [-0.05, 0) is 56.2 Å². The second-order valence-corrected chi connectivity index (χ2v) is 9.72. The third-order valence-electron chi connectivity index (χ3n) is 7.68. The molecule has 0 spiro atoms. The fraction of sp³-hybridized carbons (Fsp3) is 0.696. The van der Waals surface area contributed by atoms with Crippen molar-refractivity contribution >= 4 is 17.6 Å². The molecule has 1 aromatic rings. The fourth-order valence-electron chi connectivity index (χ4n) is 6.11. The molecule has 0 aromatic heterocycles. The van der Waals surface area contributed by atoms with E-state index in [4.69, 9.17) is 16.3 Å². The van der Waals surface area contributed by atoms with E-state index >= 15 is 0 Å². The molecule has 1 saturated carbocycles. The molecule has 1 aliphatic carbocycles. The van der Waals surface area contributed by atoms with Gasteiger partial charge in [-0.15, -0.1) is 0 Å². The van der Waals surface area contributed by atoms with Gasteiger partial charge in [0.05, 0.1) is 38.2 Å². The Bertz CT molecular complexity index is 663. The van der Waals surface area contributed by atoms with Gasteiger partial charge < -0.3 is 9.22 Å². The van der Waals surface area contributed by atoms with Gasteiger partial charge in [0.2, 0.25) is 0 Å². The number of nitrogens with zero attached hydrogens (tertiary/aromatic N) is 1. The van der Waals surface area contributed by atoms with Gasteiger partial charge in [-0.25, -0.2) is 0 Å². The van der Waals surface area contributed by atoms with Crippen LogP contribution in [-0.4, -0.2) is 43.2 Å². The van der Waals surface area contributed by atoms with Gasteiger partial charge in [0, 0.05) is 17.4 Å². The molecule has 0 unspecified atom stereocenters. The Kier molecular flexibility index (Phi) is 5.53. The van der Waals surface area contributed by atoms with Crippen LogP contribution in [0.25, 0.3) is 0 Å². The summed E-state index contributed by atoms with van der Waals surface area (Å²) in [6, 6.07) is 8.51. The first-order chi connectivity index (χ1) is 13.0. The first kappa shape index (κ1) is 19.3. The van der Waals surface area contributed by atoms with Crippen LogP contribution in [0.5, 0.6) is 0 Å². The van der Waals surface area contributed by atoms with Crippen LogP contribution in [0.15, 0.2) is 24.3 Å². The maximum Gasteiger partial charge on any atom is 0.316 e. The molecule has 4 heteroatoms. The largest absolute Gasteiger partial charge is 0.464 e. The topological polar surface area (TPSA) is 26.3 Å². The third-order valence-corrected chi connectivity index (χ3v) is 7.93. The predicted octanol–water partition coefficient (Wildman–Crippen LogP) is 5.10. The molecule has 1 aromatic carbocycles. The molecule has 2 saturated heterocycles. The summed E-state index contributed by atoms with van der Waals surface area (Å²) in [5.41, 5.74) is 0.626. The van der Waals surface area contributed by atoms with E-state index in [0.29, 0.717) is 18.6 Å². The molecule has 0 N–H and O–H groups in total. The van der Waals surface area contributed by atoms with Crippen LogP contribution < -0.4 is 0 Å². The zero-order valence-electron chi connectivity index (χ0n) is 16.6. The van der Waals surface area contributed by atoms with E-state index in [2.05, 4.69) is 7.05 Å². The van der Waals surface area contributed by atoms with Crippen molar-refractivity contribution in [1.82, 2.24) is 0 Å². The van der Waals surface area contributed by atoms with Crippen molar-refractivity contribution < 1.29 is 14.0 Å². The number of halogens is 1. The summed E-state index contributed by atoms with van der Waals surface area (Å²) in [4.78, 5) is 13.3. The summed E-state index contributed by atoms with van der Waals surface area (Å²) in [5, 5.41) is 0.719. The third kappa shape index (κ3) is 3.65. The average molecular weight is 391 g/mol. The van der Waals surface area contributed by atoms with Gasteiger partial charge >= 0.3 is 5.97 Å². The van der Waals surface area contributed by atoms with Crippen molar-refractivity contribution in [2.24, 2.45) is 5.92 Å². The number of hydrogen-bond donors (Lipinski definition) is 0. The summed E-state index contributed by atoms with van der Waals surface area (Å²) in [5.74, 6) is 0.523. The number of hydrogen-bond acceptors (Lipinski definition) is 2. The second kappa shape index (κ2) is 7.75. The van der Waals surface area contributed by atoms with Crippen LogP contribution >= 0.6 is 11.6 Å². The van der Waals surface area contributed by atoms with Gasteiger partial charge in [-0.3, -0.25) is 4.79 Å². The first-order valence-corrected chi connectivity index (χ1v) is 11.2. The minimum absolute atomic E-state index is 0.00194.